The topological polar surface area (TPSA) is 88.1 Å². The molecular weight excluding hydrogens is 522 g/mol. The first-order valence-electron chi connectivity index (χ1n) is 15.0. The van der Waals surface area contributed by atoms with Gasteiger partial charge in [0.2, 0.25) is 5.78 Å². The summed E-state index contributed by atoms with van der Waals surface area (Å²) in [6.07, 6.45) is 4.75. The van der Waals surface area contributed by atoms with Crippen LogP contribution in [0.5, 0.6) is 0 Å². The summed E-state index contributed by atoms with van der Waals surface area (Å²) in [4.78, 5) is 35.9. The van der Waals surface area contributed by atoms with Crippen LogP contribution in [-0.4, -0.2) is 55.9 Å². The van der Waals surface area contributed by atoms with Gasteiger partial charge in [0.25, 0.3) is 0 Å². The van der Waals surface area contributed by atoms with Gasteiger partial charge in [0.05, 0.1) is 0 Å². The standard InChI is InChI=1S/C31H48F2O7/c1-17(28(38-16-37-7)31(32,33)18(2)34)23-8-9-24-22-15-27(40-20(4)36)26-14-21(39-19(3)35)10-12-30(26,6)25(22)11-13-29(23,24)5/h17,21-28H,8-16H2,1-7H3/t17-,21+,22-,23+,24-,25-,26-,27-,28+,29+,30+/m0/s1. The van der Waals surface area contributed by atoms with E-state index in [0.29, 0.717) is 24.2 Å². The second-order valence-electron chi connectivity index (χ2n) is 13.6. The molecule has 4 rings (SSSR count). The van der Waals surface area contributed by atoms with E-state index in [4.69, 9.17) is 18.9 Å². The maximum atomic E-state index is 15.2. The van der Waals surface area contributed by atoms with Crippen molar-refractivity contribution in [3.63, 3.8) is 0 Å². The lowest BCUT2D eigenvalue weighted by molar-refractivity contribution is -0.211. The summed E-state index contributed by atoms with van der Waals surface area (Å²) < 4.78 is 52.4. The lowest BCUT2D eigenvalue weighted by Crippen LogP contribution is -2.59. The molecule has 0 aliphatic heterocycles. The minimum absolute atomic E-state index is 0.0389. The number of halogens is 2. The number of hydrogen-bond acceptors (Lipinski definition) is 7. The number of carbonyl (C=O) groups is 3. The number of hydrogen-bond donors (Lipinski definition) is 0. The van der Waals surface area contributed by atoms with Crippen LogP contribution in [0.15, 0.2) is 0 Å². The van der Waals surface area contributed by atoms with Crippen LogP contribution in [0.3, 0.4) is 0 Å². The minimum Gasteiger partial charge on any atom is -0.463 e. The number of Topliss-reactive ketones (excluding diaryl/α,β-unsaturated/α-hetero) is 1. The molecule has 0 radical (unpaired) electrons. The number of methoxy groups -OCH3 is 1. The maximum absolute atomic E-state index is 15.2. The average Bonchev–Trinajstić information content (AvgIpc) is 3.21. The Morgan fingerprint density at radius 2 is 1.50 bits per heavy atom. The molecule has 0 unspecified atom stereocenters. The van der Waals surface area contributed by atoms with Crippen molar-refractivity contribution >= 4 is 17.7 Å². The molecular formula is C31H48F2O7. The number of rotatable bonds is 9. The Kier molecular flexibility index (Phi) is 9.07. The van der Waals surface area contributed by atoms with Gasteiger partial charge in [-0.05, 0) is 91.8 Å². The van der Waals surface area contributed by atoms with Crippen molar-refractivity contribution in [3.8, 4) is 0 Å². The summed E-state index contributed by atoms with van der Waals surface area (Å²) in [5.74, 6) is -4.83. The first-order valence-corrected chi connectivity index (χ1v) is 15.0. The van der Waals surface area contributed by atoms with Gasteiger partial charge in [0, 0.05) is 33.8 Å². The van der Waals surface area contributed by atoms with Crippen LogP contribution in [0.1, 0.15) is 92.9 Å². The zero-order valence-electron chi connectivity index (χ0n) is 25.2. The van der Waals surface area contributed by atoms with Crippen LogP contribution in [-0.2, 0) is 33.3 Å². The van der Waals surface area contributed by atoms with Gasteiger partial charge in [-0.15, -0.1) is 0 Å². The summed E-state index contributed by atoms with van der Waals surface area (Å²) >= 11 is 0. The number of ketones is 1. The second-order valence-corrected chi connectivity index (χ2v) is 13.6. The van der Waals surface area contributed by atoms with E-state index in [9.17, 15) is 14.4 Å². The molecule has 0 spiro atoms. The number of esters is 2. The molecule has 7 nitrogen and oxygen atoms in total. The lowest BCUT2D eigenvalue weighted by atomic mass is 9.43. The number of fused-ring (bicyclic) bond motifs is 5. The Morgan fingerprint density at radius 3 is 2.10 bits per heavy atom. The summed E-state index contributed by atoms with van der Waals surface area (Å²) in [6, 6.07) is 0. The third-order valence-corrected chi connectivity index (χ3v) is 11.6. The van der Waals surface area contributed by atoms with E-state index in [-0.39, 0.29) is 53.6 Å². The second kappa shape index (κ2) is 11.6. The SMILES string of the molecule is COCO[C@H]([C@@H](C)[C@H]1CC[C@H]2[C@@H]3C[C@H](OC(C)=O)[C@@H]4C[C@H](OC(C)=O)CC[C@]4(C)[C@H]3CC[C@]12C)C(F)(F)C(C)=O. The normalized spacial score (nSPS) is 40.7. The first kappa shape index (κ1) is 31.3. The summed E-state index contributed by atoms with van der Waals surface area (Å²) in [7, 11) is 1.39. The van der Waals surface area contributed by atoms with Gasteiger partial charge in [0.15, 0.2) is 0 Å². The Labute approximate surface area is 237 Å². The van der Waals surface area contributed by atoms with Gasteiger partial charge in [-0.25, -0.2) is 0 Å². The van der Waals surface area contributed by atoms with Crippen molar-refractivity contribution in [3.05, 3.63) is 0 Å². The van der Waals surface area contributed by atoms with E-state index in [0.717, 1.165) is 51.9 Å². The number of ether oxygens (including phenoxy) is 4. The van der Waals surface area contributed by atoms with Crippen molar-refractivity contribution in [1.29, 1.82) is 0 Å². The fraction of sp³-hybridized carbons (Fsp3) is 0.903. The van der Waals surface area contributed by atoms with Gasteiger partial charge < -0.3 is 18.9 Å². The summed E-state index contributed by atoms with van der Waals surface area (Å²) in [5, 5.41) is 0. The molecule has 0 aromatic heterocycles. The summed E-state index contributed by atoms with van der Waals surface area (Å²) in [5.41, 5.74) is -0.252. The highest BCUT2D eigenvalue weighted by molar-refractivity contribution is 5.83. The van der Waals surface area contributed by atoms with Crippen molar-refractivity contribution in [2.24, 2.45) is 46.3 Å². The molecule has 4 fully saturated rings. The highest BCUT2D eigenvalue weighted by Crippen LogP contribution is 2.69. The Balaban J connectivity index is 1.62. The quantitative estimate of drug-likeness (QED) is 0.249. The molecule has 4 aliphatic rings. The largest absolute Gasteiger partial charge is 0.463 e. The molecule has 11 atom stereocenters. The predicted molar refractivity (Wildman–Crippen MR) is 143 cm³/mol. The Morgan fingerprint density at radius 1 is 0.875 bits per heavy atom. The van der Waals surface area contributed by atoms with E-state index in [1.54, 1.807) is 6.92 Å². The maximum Gasteiger partial charge on any atom is 0.330 e. The molecule has 0 saturated heterocycles. The van der Waals surface area contributed by atoms with Crippen LogP contribution in [0, 0.1) is 46.3 Å². The van der Waals surface area contributed by atoms with Crippen molar-refractivity contribution < 1.29 is 42.1 Å². The molecule has 0 aromatic rings. The third kappa shape index (κ3) is 5.46. The van der Waals surface area contributed by atoms with Gasteiger partial charge >= 0.3 is 17.9 Å². The first-order chi connectivity index (χ1) is 18.7. The van der Waals surface area contributed by atoms with Crippen molar-refractivity contribution in [2.75, 3.05) is 13.9 Å². The van der Waals surface area contributed by atoms with Gasteiger partial charge in [0.1, 0.15) is 25.1 Å². The molecule has 4 aliphatic carbocycles. The fourth-order valence-electron chi connectivity index (χ4n) is 9.96. The molecule has 0 bridgehead atoms. The van der Waals surface area contributed by atoms with E-state index < -0.39 is 23.7 Å². The summed E-state index contributed by atoms with van der Waals surface area (Å²) in [6.45, 7) is 9.88. The molecule has 4 saturated carbocycles. The number of carbonyl (C=O) groups excluding carboxylic acids is 3. The van der Waals surface area contributed by atoms with Gasteiger partial charge in [-0.1, -0.05) is 20.8 Å². The average molecular weight is 571 g/mol. The molecule has 40 heavy (non-hydrogen) atoms. The molecule has 9 heteroatoms. The molecule has 228 valence electrons. The van der Waals surface area contributed by atoms with Crippen LogP contribution in [0.4, 0.5) is 8.78 Å². The lowest BCUT2D eigenvalue weighted by Gasteiger charge is -2.62. The van der Waals surface area contributed by atoms with Crippen LogP contribution >= 0.6 is 0 Å². The van der Waals surface area contributed by atoms with Crippen LogP contribution in [0.2, 0.25) is 0 Å². The van der Waals surface area contributed by atoms with E-state index in [1.165, 1.54) is 21.0 Å². The van der Waals surface area contributed by atoms with E-state index in [2.05, 4.69) is 13.8 Å². The molecule has 0 amide bonds. The Bertz CT molecular complexity index is 971. The number of alkyl halides is 2. The molecule has 0 N–H and O–H groups in total. The smallest absolute Gasteiger partial charge is 0.330 e. The van der Waals surface area contributed by atoms with E-state index >= 15 is 8.78 Å². The Hall–Kier alpha value is -1.61. The van der Waals surface area contributed by atoms with Gasteiger partial charge in [-0.2, -0.15) is 8.78 Å². The predicted octanol–water partition coefficient (Wildman–Crippen LogP) is 5.97. The van der Waals surface area contributed by atoms with Crippen molar-refractivity contribution in [1.82, 2.24) is 0 Å². The molecule has 0 heterocycles. The van der Waals surface area contributed by atoms with Crippen LogP contribution in [0.25, 0.3) is 0 Å². The highest BCUT2D eigenvalue weighted by atomic mass is 19.3. The van der Waals surface area contributed by atoms with E-state index in [1.807, 2.05) is 0 Å². The zero-order chi connectivity index (χ0) is 29.6. The van der Waals surface area contributed by atoms with Crippen LogP contribution < -0.4 is 0 Å². The van der Waals surface area contributed by atoms with Gasteiger partial charge in [-0.3, -0.25) is 14.4 Å². The van der Waals surface area contributed by atoms with Crippen molar-refractivity contribution in [2.45, 2.75) is 117 Å². The molecule has 0 aromatic carbocycles. The fourth-order valence-corrected chi connectivity index (χ4v) is 9.96. The minimum atomic E-state index is -3.60. The monoisotopic (exact) mass is 570 g/mol. The highest BCUT2D eigenvalue weighted by Gasteiger charge is 2.64. The third-order valence-electron chi connectivity index (χ3n) is 11.6. The zero-order valence-corrected chi connectivity index (χ0v) is 25.2.